The Morgan fingerprint density at radius 1 is 1.33 bits per heavy atom. The molecule has 0 bridgehead atoms. The maximum absolute atomic E-state index is 12.1. The summed E-state index contributed by atoms with van der Waals surface area (Å²) in [5.41, 5.74) is 4.81. The van der Waals surface area contributed by atoms with Crippen molar-refractivity contribution in [2.24, 2.45) is 5.73 Å². The van der Waals surface area contributed by atoms with E-state index in [1.807, 2.05) is 37.3 Å². The smallest absolute Gasteiger partial charge is 0.244 e. The van der Waals surface area contributed by atoms with Crippen molar-refractivity contribution in [3.63, 3.8) is 0 Å². The minimum Gasteiger partial charge on any atom is -0.388 e. The number of aliphatic hydroxyl groups is 1. The molecule has 1 rings (SSSR count). The average molecular weight is 250 g/mol. The van der Waals surface area contributed by atoms with Crippen LogP contribution in [0.2, 0.25) is 0 Å². The van der Waals surface area contributed by atoms with Crippen molar-refractivity contribution < 1.29 is 9.90 Å². The molecule has 4 N–H and O–H groups in total. The largest absolute Gasteiger partial charge is 0.388 e. The molecule has 2 unspecified atom stereocenters. The van der Waals surface area contributed by atoms with Gasteiger partial charge in [0.1, 0.15) is 5.54 Å². The number of carbonyl (C=O) groups excluding carboxylic acids is 1. The van der Waals surface area contributed by atoms with Crippen LogP contribution >= 0.6 is 0 Å². The van der Waals surface area contributed by atoms with Crippen LogP contribution in [0, 0.1) is 0 Å². The Bertz CT molecular complexity index is 400. The Hall–Kier alpha value is -1.39. The van der Waals surface area contributed by atoms with Gasteiger partial charge in [0.25, 0.3) is 0 Å². The number of rotatable bonds is 5. The van der Waals surface area contributed by atoms with Crippen molar-refractivity contribution in [1.29, 1.82) is 0 Å². The fraction of sp³-hybridized carbons (Fsp3) is 0.500. The molecule has 0 saturated carbocycles. The van der Waals surface area contributed by atoms with Crippen LogP contribution in [0.5, 0.6) is 0 Å². The van der Waals surface area contributed by atoms with Crippen molar-refractivity contribution in [3.8, 4) is 0 Å². The zero-order valence-electron chi connectivity index (χ0n) is 11.2. The van der Waals surface area contributed by atoms with Gasteiger partial charge in [-0.3, -0.25) is 4.79 Å². The second kappa shape index (κ2) is 5.50. The van der Waals surface area contributed by atoms with E-state index in [-0.39, 0.29) is 12.5 Å². The summed E-state index contributed by atoms with van der Waals surface area (Å²) < 4.78 is 0. The van der Waals surface area contributed by atoms with Gasteiger partial charge in [-0.2, -0.15) is 0 Å². The summed E-state index contributed by atoms with van der Waals surface area (Å²) in [6.45, 7) is 5.41. The standard InChI is InChI=1S/C14H22N2O2/c1-4-13(2,18)10-16-12(17)14(3,15)11-8-6-5-7-9-11/h5-9,18H,4,10,15H2,1-3H3,(H,16,17). The van der Waals surface area contributed by atoms with Crippen LogP contribution in [-0.2, 0) is 10.3 Å². The van der Waals surface area contributed by atoms with Crippen molar-refractivity contribution >= 4 is 5.91 Å². The van der Waals surface area contributed by atoms with Gasteiger partial charge < -0.3 is 16.2 Å². The van der Waals surface area contributed by atoms with Crippen molar-refractivity contribution in [3.05, 3.63) is 35.9 Å². The highest BCUT2D eigenvalue weighted by Gasteiger charge is 2.31. The van der Waals surface area contributed by atoms with Gasteiger partial charge >= 0.3 is 0 Å². The Morgan fingerprint density at radius 2 is 1.89 bits per heavy atom. The van der Waals surface area contributed by atoms with E-state index in [4.69, 9.17) is 5.73 Å². The second-order valence-electron chi connectivity index (χ2n) is 5.10. The molecule has 4 heteroatoms. The molecule has 0 spiro atoms. The first kappa shape index (κ1) is 14.7. The third kappa shape index (κ3) is 3.55. The van der Waals surface area contributed by atoms with Gasteiger partial charge in [0, 0.05) is 6.54 Å². The summed E-state index contributed by atoms with van der Waals surface area (Å²) in [6.07, 6.45) is 0.569. The van der Waals surface area contributed by atoms with Gasteiger partial charge in [-0.25, -0.2) is 0 Å². The van der Waals surface area contributed by atoms with E-state index in [0.717, 1.165) is 5.56 Å². The first-order chi connectivity index (χ1) is 8.29. The van der Waals surface area contributed by atoms with Gasteiger partial charge in [-0.1, -0.05) is 37.3 Å². The lowest BCUT2D eigenvalue weighted by Gasteiger charge is -2.27. The molecule has 100 valence electrons. The molecule has 0 heterocycles. The number of amides is 1. The normalized spacial score (nSPS) is 17.6. The zero-order valence-corrected chi connectivity index (χ0v) is 11.2. The zero-order chi connectivity index (χ0) is 13.8. The molecule has 0 radical (unpaired) electrons. The SMILES string of the molecule is CCC(C)(O)CNC(=O)C(C)(N)c1ccccc1. The summed E-state index contributed by atoms with van der Waals surface area (Å²) in [5, 5.41) is 12.6. The minimum atomic E-state index is -1.09. The molecule has 0 aliphatic rings. The number of hydrogen-bond donors (Lipinski definition) is 3. The molecule has 2 atom stereocenters. The van der Waals surface area contributed by atoms with E-state index in [9.17, 15) is 9.90 Å². The average Bonchev–Trinajstić information content (AvgIpc) is 2.37. The van der Waals surface area contributed by atoms with Crippen LogP contribution in [0.15, 0.2) is 30.3 Å². The number of benzene rings is 1. The fourth-order valence-electron chi connectivity index (χ4n) is 1.49. The highest BCUT2D eigenvalue weighted by molar-refractivity contribution is 5.87. The van der Waals surface area contributed by atoms with Gasteiger partial charge in [0.15, 0.2) is 0 Å². The first-order valence-corrected chi connectivity index (χ1v) is 6.14. The third-order valence-corrected chi connectivity index (χ3v) is 3.24. The van der Waals surface area contributed by atoms with Crippen LogP contribution in [0.25, 0.3) is 0 Å². The Labute approximate surface area is 108 Å². The highest BCUT2D eigenvalue weighted by Crippen LogP contribution is 2.17. The number of hydrogen-bond acceptors (Lipinski definition) is 3. The van der Waals surface area contributed by atoms with E-state index in [1.54, 1.807) is 13.8 Å². The Balaban J connectivity index is 2.72. The third-order valence-electron chi connectivity index (χ3n) is 3.24. The molecule has 0 aliphatic heterocycles. The van der Waals surface area contributed by atoms with Gasteiger partial charge in [0.05, 0.1) is 5.60 Å². The fourth-order valence-corrected chi connectivity index (χ4v) is 1.49. The van der Waals surface area contributed by atoms with Gasteiger partial charge in [-0.15, -0.1) is 0 Å². The molecule has 0 aliphatic carbocycles. The van der Waals surface area contributed by atoms with E-state index >= 15 is 0 Å². The van der Waals surface area contributed by atoms with E-state index < -0.39 is 11.1 Å². The maximum Gasteiger partial charge on any atom is 0.244 e. The predicted molar refractivity (Wildman–Crippen MR) is 71.9 cm³/mol. The number of nitrogens with two attached hydrogens (primary N) is 1. The van der Waals surface area contributed by atoms with Gasteiger partial charge in [-0.05, 0) is 25.8 Å². The molecule has 0 aromatic heterocycles. The number of nitrogens with one attached hydrogen (secondary N) is 1. The lowest BCUT2D eigenvalue weighted by Crippen LogP contribution is -2.52. The predicted octanol–water partition coefficient (Wildman–Crippen LogP) is 1.14. The Kier molecular flexibility index (Phi) is 4.48. The second-order valence-corrected chi connectivity index (χ2v) is 5.10. The van der Waals surface area contributed by atoms with Crippen LogP contribution in [0.3, 0.4) is 0 Å². The maximum atomic E-state index is 12.1. The summed E-state index contributed by atoms with van der Waals surface area (Å²) in [6, 6.07) is 9.19. The number of carbonyl (C=O) groups is 1. The molecule has 18 heavy (non-hydrogen) atoms. The molecule has 0 fully saturated rings. The lowest BCUT2D eigenvalue weighted by atomic mass is 9.92. The minimum absolute atomic E-state index is 0.196. The molecule has 0 saturated heterocycles. The van der Waals surface area contributed by atoms with Crippen molar-refractivity contribution in [2.75, 3.05) is 6.54 Å². The lowest BCUT2D eigenvalue weighted by molar-refractivity contribution is -0.127. The summed E-state index contributed by atoms with van der Waals surface area (Å²) in [7, 11) is 0. The molecular weight excluding hydrogens is 228 g/mol. The monoisotopic (exact) mass is 250 g/mol. The molecular formula is C14H22N2O2. The summed E-state index contributed by atoms with van der Waals surface area (Å²) in [4.78, 5) is 12.1. The van der Waals surface area contributed by atoms with Crippen molar-refractivity contribution in [2.45, 2.75) is 38.3 Å². The van der Waals surface area contributed by atoms with Crippen LogP contribution < -0.4 is 11.1 Å². The van der Waals surface area contributed by atoms with E-state index in [2.05, 4.69) is 5.32 Å². The summed E-state index contributed by atoms with van der Waals surface area (Å²) >= 11 is 0. The summed E-state index contributed by atoms with van der Waals surface area (Å²) in [5.74, 6) is -0.289. The van der Waals surface area contributed by atoms with Gasteiger partial charge in [0.2, 0.25) is 5.91 Å². The van der Waals surface area contributed by atoms with Crippen LogP contribution in [0.1, 0.15) is 32.8 Å². The van der Waals surface area contributed by atoms with E-state index in [0.29, 0.717) is 6.42 Å². The molecule has 1 aromatic carbocycles. The molecule has 1 aromatic rings. The van der Waals surface area contributed by atoms with Crippen molar-refractivity contribution in [1.82, 2.24) is 5.32 Å². The highest BCUT2D eigenvalue weighted by atomic mass is 16.3. The molecule has 4 nitrogen and oxygen atoms in total. The quantitative estimate of drug-likeness (QED) is 0.733. The van der Waals surface area contributed by atoms with Crippen LogP contribution in [0.4, 0.5) is 0 Å². The first-order valence-electron chi connectivity index (χ1n) is 6.14. The van der Waals surface area contributed by atoms with E-state index in [1.165, 1.54) is 0 Å². The molecule has 1 amide bonds. The topological polar surface area (TPSA) is 75.3 Å². The Morgan fingerprint density at radius 3 is 2.39 bits per heavy atom. The van der Waals surface area contributed by atoms with Crippen LogP contribution in [-0.4, -0.2) is 23.2 Å².